The first-order valence-electron chi connectivity index (χ1n) is 6.64. The molecule has 0 aliphatic heterocycles. The Hall–Kier alpha value is -1.46. The van der Waals surface area contributed by atoms with Crippen molar-refractivity contribution in [2.24, 2.45) is 0 Å². The Bertz CT molecular complexity index is 525. The molecule has 1 saturated carbocycles. The van der Waals surface area contributed by atoms with Crippen LogP contribution in [0.15, 0.2) is 30.5 Å². The van der Waals surface area contributed by atoms with Crippen molar-refractivity contribution in [1.29, 1.82) is 0 Å². The highest BCUT2D eigenvalue weighted by Crippen LogP contribution is 2.29. The van der Waals surface area contributed by atoms with Crippen molar-refractivity contribution in [1.82, 2.24) is 14.1 Å². The number of aromatic nitrogens is 2. The third kappa shape index (κ3) is 3.11. The Labute approximate surface area is 117 Å². The van der Waals surface area contributed by atoms with Crippen molar-refractivity contribution in [3.63, 3.8) is 0 Å². The maximum atomic E-state index is 5.85. The Balaban J connectivity index is 1.84. The van der Waals surface area contributed by atoms with Gasteiger partial charge in [-0.1, -0.05) is 19.1 Å². The molecule has 0 radical (unpaired) electrons. The minimum absolute atomic E-state index is 0.0894. The summed E-state index contributed by atoms with van der Waals surface area (Å²) in [5, 5.41) is 3.45. The highest BCUT2D eigenvalue weighted by molar-refractivity contribution is 6.99. The lowest BCUT2D eigenvalue weighted by Gasteiger charge is -2.16. The van der Waals surface area contributed by atoms with Gasteiger partial charge in [-0.25, -0.2) is 0 Å². The van der Waals surface area contributed by atoms with E-state index in [4.69, 9.17) is 4.74 Å². The predicted octanol–water partition coefficient (Wildman–Crippen LogP) is 2.78. The van der Waals surface area contributed by atoms with Crippen LogP contribution in [-0.2, 0) is 0 Å². The normalized spacial score (nSPS) is 16.3. The van der Waals surface area contributed by atoms with Gasteiger partial charge in [-0.3, -0.25) is 0 Å². The molecule has 4 nitrogen and oxygen atoms in total. The second kappa shape index (κ2) is 5.67. The molecule has 1 aromatic heterocycles. The Kier molecular flexibility index (Phi) is 3.75. The molecule has 100 valence electrons. The summed E-state index contributed by atoms with van der Waals surface area (Å²) >= 11 is 1.24. The lowest BCUT2D eigenvalue weighted by atomic mass is 10.0. The van der Waals surface area contributed by atoms with Crippen LogP contribution in [0.2, 0.25) is 0 Å². The summed E-state index contributed by atoms with van der Waals surface area (Å²) in [6.07, 6.45) is 4.61. The average Bonchev–Trinajstić information content (AvgIpc) is 3.07. The van der Waals surface area contributed by atoms with Crippen LogP contribution in [0.3, 0.4) is 0 Å². The SMILES string of the molecule is CCNC(c1cccc(OC2CC2)c1)c1cnsn1. The first kappa shape index (κ1) is 12.6. The second-order valence-electron chi connectivity index (χ2n) is 4.71. The fraction of sp³-hybridized carbons (Fsp3) is 0.429. The standard InChI is InChI=1S/C14H17N3OS/c1-2-15-14(13-9-16-19-17-13)10-4-3-5-12(8-10)18-11-6-7-11/h3-5,8-9,11,14-15H,2,6-7H2,1H3. The van der Waals surface area contributed by atoms with Gasteiger partial charge in [0.25, 0.3) is 0 Å². The first-order valence-corrected chi connectivity index (χ1v) is 7.37. The molecule has 1 atom stereocenters. The fourth-order valence-electron chi connectivity index (χ4n) is 2.04. The maximum absolute atomic E-state index is 5.85. The molecule has 5 heteroatoms. The number of hydrogen-bond donors (Lipinski definition) is 1. The number of benzene rings is 1. The minimum atomic E-state index is 0.0894. The molecule has 0 saturated heterocycles. The smallest absolute Gasteiger partial charge is 0.120 e. The summed E-state index contributed by atoms with van der Waals surface area (Å²) in [6, 6.07) is 8.35. The van der Waals surface area contributed by atoms with Crippen LogP contribution in [0.25, 0.3) is 0 Å². The topological polar surface area (TPSA) is 47.0 Å². The molecule has 0 amide bonds. The Morgan fingerprint density at radius 3 is 3.05 bits per heavy atom. The van der Waals surface area contributed by atoms with E-state index in [1.807, 2.05) is 18.3 Å². The van der Waals surface area contributed by atoms with Crippen LogP contribution in [0.4, 0.5) is 0 Å². The summed E-state index contributed by atoms with van der Waals surface area (Å²) in [6.45, 7) is 2.98. The van der Waals surface area contributed by atoms with Gasteiger partial charge in [-0.05, 0) is 37.1 Å². The van der Waals surface area contributed by atoms with Gasteiger partial charge in [-0.2, -0.15) is 8.75 Å². The van der Waals surface area contributed by atoms with Crippen LogP contribution >= 0.6 is 11.7 Å². The number of rotatable bonds is 6. The summed E-state index contributed by atoms with van der Waals surface area (Å²) in [4.78, 5) is 0. The van der Waals surface area contributed by atoms with Gasteiger partial charge < -0.3 is 10.1 Å². The zero-order valence-corrected chi connectivity index (χ0v) is 11.7. The maximum Gasteiger partial charge on any atom is 0.120 e. The lowest BCUT2D eigenvalue weighted by Crippen LogP contribution is -2.22. The number of nitrogens with zero attached hydrogens (tertiary/aromatic N) is 2. The molecule has 1 aliphatic carbocycles. The molecule has 1 N–H and O–H groups in total. The zero-order chi connectivity index (χ0) is 13.1. The molecule has 1 fully saturated rings. The molecule has 0 bridgehead atoms. The van der Waals surface area contributed by atoms with Crippen LogP contribution in [-0.4, -0.2) is 21.4 Å². The van der Waals surface area contributed by atoms with Gasteiger partial charge in [-0.15, -0.1) is 0 Å². The fourth-order valence-corrected chi connectivity index (χ4v) is 2.49. The van der Waals surface area contributed by atoms with Gasteiger partial charge in [0, 0.05) is 0 Å². The van der Waals surface area contributed by atoms with E-state index in [-0.39, 0.29) is 6.04 Å². The van der Waals surface area contributed by atoms with E-state index in [1.54, 1.807) is 0 Å². The quantitative estimate of drug-likeness (QED) is 0.880. The lowest BCUT2D eigenvalue weighted by molar-refractivity contribution is 0.302. The summed E-state index contributed by atoms with van der Waals surface area (Å²) in [7, 11) is 0. The molecule has 0 spiro atoms. The van der Waals surface area contributed by atoms with Crippen molar-refractivity contribution in [2.75, 3.05) is 6.54 Å². The first-order chi connectivity index (χ1) is 9.36. The largest absolute Gasteiger partial charge is 0.490 e. The molecule has 1 unspecified atom stereocenters. The van der Waals surface area contributed by atoms with Crippen molar-refractivity contribution in [3.8, 4) is 5.75 Å². The van der Waals surface area contributed by atoms with Crippen LogP contribution in [0.5, 0.6) is 5.75 Å². The minimum Gasteiger partial charge on any atom is -0.490 e. The highest BCUT2D eigenvalue weighted by Gasteiger charge is 2.24. The zero-order valence-electron chi connectivity index (χ0n) is 10.9. The summed E-state index contributed by atoms with van der Waals surface area (Å²) in [5.74, 6) is 0.950. The van der Waals surface area contributed by atoms with E-state index in [2.05, 4.69) is 33.1 Å². The number of nitrogens with one attached hydrogen (secondary N) is 1. The van der Waals surface area contributed by atoms with E-state index >= 15 is 0 Å². The van der Waals surface area contributed by atoms with E-state index in [1.165, 1.54) is 30.1 Å². The Morgan fingerprint density at radius 1 is 1.47 bits per heavy atom. The average molecular weight is 275 g/mol. The van der Waals surface area contributed by atoms with Crippen LogP contribution in [0.1, 0.15) is 37.1 Å². The molecule has 3 rings (SSSR count). The summed E-state index contributed by atoms with van der Waals surface area (Å²) < 4.78 is 14.3. The van der Waals surface area contributed by atoms with Crippen molar-refractivity contribution in [3.05, 3.63) is 41.7 Å². The molecule has 1 aromatic carbocycles. The van der Waals surface area contributed by atoms with Crippen LogP contribution < -0.4 is 10.1 Å². The molecule has 1 aliphatic rings. The van der Waals surface area contributed by atoms with Crippen molar-refractivity contribution < 1.29 is 4.74 Å². The second-order valence-corrected chi connectivity index (χ2v) is 5.27. The monoisotopic (exact) mass is 275 g/mol. The van der Waals surface area contributed by atoms with E-state index in [0.29, 0.717) is 6.10 Å². The van der Waals surface area contributed by atoms with E-state index in [0.717, 1.165) is 18.0 Å². The van der Waals surface area contributed by atoms with E-state index in [9.17, 15) is 0 Å². The molecular formula is C14H17N3OS. The van der Waals surface area contributed by atoms with Gasteiger partial charge in [0.15, 0.2) is 0 Å². The molecule has 1 heterocycles. The molecule has 19 heavy (non-hydrogen) atoms. The van der Waals surface area contributed by atoms with Crippen LogP contribution in [0, 0.1) is 0 Å². The Morgan fingerprint density at radius 2 is 2.37 bits per heavy atom. The van der Waals surface area contributed by atoms with Crippen molar-refractivity contribution in [2.45, 2.75) is 31.9 Å². The third-order valence-electron chi connectivity index (χ3n) is 3.10. The van der Waals surface area contributed by atoms with E-state index < -0.39 is 0 Å². The number of ether oxygens (including phenoxy) is 1. The van der Waals surface area contributed by atoms with Gasteiger partial charge in [0.05, 0.1) is 35.8 Å². The summed E-state index contributed by atoms with van der Waals surface area (Å²) in [5.41, 5.74) is 2.14. The number of hydrogen-bond acceptors (Lipinski definition) is 5. The van der Waals surface area contributed by atoms with Crippen molar-refractivity contribution >= 4 is 11.7 Å². The van der Waals surface area contributed by atoms with Gasteiger partial charge >= 0.3 is 0 Å². The molecular weight excluding hydrogens is 258 g/mol. The third-order valence-corrected chi connectivity index (χ3v) is 3.59. The highest BCUT2D eigenvalue weighted by atomic mass is 32.1. The molecule has 2 aromatic rings. The van der Waals surface area contributed by atoms with Gasteiger partial charge in [0.2, 0.25) is 0 Å². The van der Waals surface area contributed by atoms with Gasteiger partial charge in [0.1, 0.15) is 5.75 Å². The predicted molar refractivity (Wildman–Crippen MR) is 75.5 cm³/mol.